The monoisotopic (exact) mass is 233 g/mol. The van der Waals surface area contributed by atoms with E-state index in [4.69, 9.17) is 11.6 Å². The molecule has 16 heavy (non-hydrogen) atoms. The molecule has 0 amide bonds. The molecule has 3 heteroatoms. The average Bonchev–Trinajstić information content (AvgIpc) is 2.28. The number of benzene rings is 2. The Morgan fingerprint density at radius 3 is 2.62 bits per heavy atom. The molecule has 2 aromatic carbocycles. The third-order valence-corrected chi connectivity index (χ3v) is 2.66. The van der Waals surface area contributed by atoms with Gasteiger partial charge in [-0.15, -0.1) is 0 Å². The van der Waals surface area contributed by atoms with Gasteiger partial charge < -0.3 is 10.4 Å². The molecular formula is C13H12ClNO. The third-order valence-electron chi connectivity index (χ3n) is 2.29. The SMILES string of the molecule is Oc1cccc(NCc2ccccc2Cl)c1. The number of rotatable bonds is 3. The van der Waals surface area contributed by atoms with Gasteiger partial charge in [-0.05, 0) is 23.8 Å². The molecule has 0 bridgehead atoms. The number of phenols is 1. The van der Waals surface area contributed by atoms with Crippen LogP contribution in [0, 0.1) is 0 Å². The van der Waals surface area contributed by atoms with Gasteiger partial charge in [-0.3, -0.25) is 0 Å². The van der Waals surface area contributed by atoms with E-state index in [2.05, 4.69) is 5.32 Å². The molecule has 2 nitrogen and oxygen atoms in total. The second-order valence-electron chi connectivity index (χ2n) is 3.50. The maximum Gasteiger partial charge on any atom is 0.117 e. The van der Waals surface area contributed by atoms with Gasteiger partial charge >= 0.3 is 0 Å². The smallest absolute Gasteiger partial charge is 0.117 e. The van der Waals surface area contributed by atoms with Crippen molar-refractivity contribution >= 4 is 17.3 Å². The molecule has 0 aliphatic carbocycles. The van der Waals surface area contributed by atoms with E-state index in [1.54, 1.807) is 18.2 Å². The summed E-state index contributed by atoms with van der Waals surface area (Å²) in [4.78, 5) is 0. The summed E-state index contributed by atoms with van der Waals surface area (Å²) in [5, 5.41) is 13.2. The zero-order valence-electron chi connectivity index (χ0n) is 8.65. The maximum atomic E-state index is 9.30. The van der Waals surface area contributed by atoms with Gasteiger partial charge in [0.25, 0.3) is 0 Å². The van der Waals surface area contributed by atoms with Gasteiger partial charge in [0, 0.05) is 23.3 Å². The van der Waals surface area contributed by atoms with Gasteiger partial charge in [0.15, 0.2) is 0 Å². The summed E-state index contributed by atoms with van der Waals surface area (Å²) < 4.78 is 0. The lowest BCUT2D eigenvalue weighted by atomic mass is 10.2. The molecule has 0 fully saturated rings. The predicted octanol–water partition coefficient (Wildman–Crippen LogP) is 3.66. The third kappa shape index (κ3) is 2.67. The van der Waals surface area contributed by atoms with E-state index in [1.165, 1.54) is 0 Å². The van der Waals surface area contributed by atoms with Crippen molar-refractivity contribution in [1.29, 1.82) is 0 Å². The minimum atomic E-state index is 0.254. The molecule has 0 spiro atoms. The molecule has 0 heterocycles. The molecule has 0 unspecified atom stereocenters. The second-order valence-corrected chi connectivity index (χ2v) is 3.90. The zero-order chi connectivity index (χ0) is 11.4. The van der Waals surface area contributed by atoms with Crippen LogP contribution in [0.4, 0.5) is 5.69 Å². The van der Waals surface area contributed by atoms with Crippen LogP contribution in [-0.4, -0.2) is 5.11 Å². The second kappa shape index (κ2) is 4.90. The number of phenolic OH excluding ortho intramolecular Hbond substituents is 1. The number of aromatic hydroxyl groups is 1. The van der Waals surface area contributed by atoms with Crippen molar-refractivity contribution in [1.82, 2.24) is 0 Å². The highest BCUT2D eigenvalue weighted by molar-refractivity contribution is 6.31. The van der Waals surface area contributed by atoms with Gasteiger partial charge in [-0.1, -0.05) is 35.9 Å². The normalized spacial score (nSPS) is 10.1. The molecular weight excluding hydrogens is 222 g/mol. The van der Waals surface area contributed by atoms with Crippen LogP contribution in [0.15, 0.2) is 48.5 Å². The largest absolute Gasteiger partial charge is 0.508 e. The Morgan fingerprint density at radius 1 is 1.06 bits per heavy atom. The van der Waals surface area contributed by atoms with Crippen molar-refractivity contribution in [2.75, 3.05) is 5.32 Å². The predicted molar refractivity (Wildman–Crippen MR) is 66.9 cm³/mol. The minimum Gasteiger partial charge on any atom is -0.508 e. The van der Waals surface area contributed by atoms with Crippen molar-refractivity contribution in [2.24, 2.45) is 0 Å². The summed E-state index contributed by atoms with van der Waals surface area (Å²) in [7, 11) is 0. The van der Waals surface area contributed by atoms with Crippen LogP contribution < -0.4 is 5.32 Å². The molecule has 0 aliphatic rings. The lowest BCUT2D eigenvalue weighted by molar-refractivity contribution is 0.475. The van der Waals surface area contributed by atoms with Crippen LogP contribution in [0.5, 0.6) is 5.75 Å². The van der Waals surface area contributed by atoms with Crippen LogP contribution >= 0.6 is 11.6 Å². The van der Waals surface area contributed by atoms with Crippen LogP contribution in [0.2, 0.25) is 5.02 Å². The fourth-order valence-electron chi connectivity index (χ4n) is 1.45. The van der Waals surface area contributed by atoms with Crippen molar-refractivity contribution in [3.8, 4) is 5.75 Å². The highest BCUT2D eigenvalue weighted by Crippen LogP contribution is 2.19. The van der Waals surface area contributed by atoms with Crippen molar-refractivity contribution in [3.63, 3.8) is 0 Å². The standard InChI is InChI=1S/C13H12ClNO/c14-13-7-2-1-4-10(13)9-15-11-5-3-6-12(16)8-11/h1-8,15-16H,9H2. The molecule has 0 saturated carbocycles. The zero-order valence-corrected chi connectivity index (χ0v) is 9.41. The lowest BCUT2D eigenvalue weighted by Crippen LogP contribution is -1.99. The first-order chi connectivity index (χ1) is 7.75. The fraction of sp³-hybridized carbons (Fsp3) is 0.0769. The van der Waals surface area contributed by atoms with E-state index in [0.717, 1.165) is 16.3 Å². The van der Waals surface area contributed by atoms with Crippen molar-refractivity contribution in [3.05, 3.63) is 59.1 Å². The summed E-state index contributed by atoms with van der Waals surface area (Å²) in [5.74, 6) is 0.254. The van der Waals surface area contributed by atoms with Gasteiger partial charge in [0.05, 0.1) is 0 Å². The van der Waals surface area contributed by atoms with Crippen molar-refractivity contribution < 1.29 is 5.11 Å². The topological polar surface area (TPSA) is 32.3 Å². The van der Waals surface area contributed by atoms with Crippen LogP contribution in [-0.2, 0) is 6.54 Å². The Hall–Kier alpha value is -1.67. The van der Waals surface area contributed by atoms with Gasteiger partial charge in [-0.25, -0.2) is 0 Å². The van der Waals surface area contributed by atoms with Crippen molar-refractivity contribution in [2.45, 2.75) is 6.54 Å². The summed E-state index contributed by atoms with van der Waals surface area (Å²) in [6.45, 7) is 0.642. The van der Waals surface area contributed by atoms with E-state index >= 15 is 0 Å². The van der Waals surface area contributed by atoms with E-state index in [1.807, 2.05) is 30.3 Å². The van der Waals surface area contributed by atoms with Crippen LogP contribution in [0.3, 0.4) is 0 Å². The average molecular weight is 234 g/mol. The Morgan fingerprint density at radius 2 is 1.88 bits per heavy atom. The number of hydrogen-bond acceptors (Lipinski definition) is 2. The van der Waals surface area contributed by atoms with E-state index in [0.29, 0.717) is 6.54 Å². The molecule has 0 radical (unpaired) electrons. The number of nitrogens with one attached hydrogen (secondary N) is 1. The Labute approximate surface area is 99.5 Å². The van der Waals surface area contributed by atoms with Crippen LogP contribution in [0.25, 0.3) is 0 Å². The highest BCUT2D eigenvalue weighted by atomic mass is 35.5. The Bertz CT molecular complexity index is 485. The first kappa shape index (κ1) is 10.8. The molecule has 0 saturated heterocycles. The molecule has 2 N–H and O–H groups in total. The molecule has 0 atom stereocenters. The maximum absolute atomic E-state index is 9.30. The van der Waals surface area contributed by atoms with E-state index in [9.17, 15) is 5.11 Å². The Kier molecular flexibility index (Phi) is 3.32. The molecule has 2 aromatic rings. The minimum absolute atomic E-state index is 0.254. The first-order valence-corrected chi connectivity index (χ1v) is 5.40. The van der Waals surface area contributed by atoms with Gasteiger partial charge in [-0.2, -0.15) is 0 Å². The molecule has 82 valence electrons. The Balaban J connectivity index is 2.05. The van der Waals surface area contributed by atoms with E-state index in [-0.39, 0.29) is 5.75 Å². The van der Waals surface area contributed by atoms with E-state index < -0.39 is 0 Å². The lowest BCUT2D eigenvalue weighted by Gasteiger charge is -2.08. The molecule has 0 aliphatic heterocycles. The summed E-state index contributed by atoms with van der Waals surface area (Å²) in [5.41, 5.74) is 1.91. The molecule has 0 aromatic heterocycles. The summed E-state index contributed by atoms with van der Waals surface area (Å²) in [6.07, 6.45) is 0. The molecule has 2 rings (SSSR count). The number of halogens is 1. The number of anilines is 1. The summed E-state index contributed by atoms with van der Waals surface area (Å²) >= 11 is 6.03. The van der Waals surface area contributed by atoms with Crippen LogP contribution in [0.1, 0.15) is 5.56 Å². The quantitative estimate of drug-likeness (QED) is 0.848. The first-order valence-electron chi connectivity index (χ1n) is 5.02. The fourth-order valence-corrected chi connectivity index (χ4v) is 1.66. The number of hydrogen-bond donors (Lipinski definition) is 2. The van der Waals surface area contributed by atoms with Gasteiger partial charge in [0.1, 0.15) is 5.75 Å². The van der Waals surface area contributed by atoms with Gasteiger partial charge in [0.2, 0.25) is 0 Å². The highest BCUT2D eigenvalue weighted by Gasteiger charge is 1.99. The summed E-state index contributed by atoms with van der Waals surface area (Å²) in [6, 6.07) is 14.7.